The van der Waals surface area contributed by atoms with E-state index in [9.17, 15) is 5.11 Å². The molecule has 1 fully saturated rings. The van der Waals surface area contributed by atoms with Crippen molar-refractivity contribution in [3.63, 3.8) is 0 Å². The van der Waals surface area contributed by atoms with Gasteiger partial charge in [-0.05, 0) is 28.9 Å². The maximum absolute atomic E-state index is 10.1. The molecule has 0 aliphatic heterocycles. The molecule has 2 rings (SSSR count). The number of aliphatic hydroxyl groups excluding tert-OH is 1. The summed E-state index contributed by atoms with van der Waals surface area (Å²) >= 11 is 0. The third kappa shape index (κ3) is 3.12. The lowest BCUT2D eigenvalue weighted by molar-refractivity contribution is 0.172. The summed E-state index contributed by atoms with van der Waals surface area (Å²) < 4.78 is 0. The SMILES string of the molecule is CC(C)c1ccc(C(O)CNC2CC2(C)C)cc1. The van der Waals surface area contributed by atoms with Crippen LogP contribution in [0.25, 0.3) is 0 Å². The summed E-state index contributed by atoms with van der Waals surface area (Å²) in [5.74, 6) is 0.543. The Morgan fingerprint density at radius 3 is 2.17 bits per heavy atom. The first-order chi connectivity index (χ1) is 8.40. The molecule has 0 aromatic heterocycles. The Kier molecular flexibility index (Phi) is 3.79. The van der Waals surface area contributed by atoms with Crippen LogP contribution < -0.4 is 5.32 Å². The molecule has 0 bridgehead atoms. The minimum atomic E-state index is -0.400. The molecule has 1 aliphatic rings. The number of nitrogens with one attached hydrogen (secondary N) is 1. The van der Waals surface area contributed by atoms with E-state index in [1.807, 2.05) is 12.1 Å². The molecule has 2 unspecified atom stereocenters. The predicted octanol–water partition coefficient (Wildman–Crippen LogP) is 3.23. The van der Waals surface area contributed by atoms with E-state index in [1.54, 1.807) is 0 Å². The highest BCUT2D eigenvalue weighted by Gasteiger charge is 2.45. The maximum Gasteiger partial charge on any atom is 0.0914 e. The van der Waals surface area contributed by atoms with E-state index in [4.69, 9.17) is 0 Å². The summed E-state index contributed by atoms with van der Waals surface area (Å²) in [5.41, 5.74) is 2.74. The molecule has 100 valence electrons. The van der Waals surface area contributed by atoms with Gasteiger partial charge < -0.3 is 10.4 Å². The molecule has 0 heterocycles. The fourth-order valence-corrected chi connectivity index (χ4v) is 2.29. The molecule has 18 heavy (non-hydrogen) atoms. The number of benzene rings is 1. The number of aliphatic hydroxyl groups is 1. The number of hydrogen-bond acceptors (Lipinski definition) is 2. The Balaban J connectivity index is 1.87. The van der Waals surface area contributed by atoms with Crippen LogP contribution in [-0.2, 0) is 0 Å². The molecule has 0 amide bonds. The summed E-state index contributed by atoms with van der Waals surface area (Å²) in [7, 11) is 0. The topological polar surface area (TPSA) is 32.3 Å². The van der Waals surface area contributed by atoms with Crippen LogP contribution in [0.1, 0.15) is 57.3 Å². The fraction of sp³-hybridized carbons (Fsp3) is 0.625. The lowest BCUT2D eigenvalue weighted by atomic mass is 10.00. The summed E-state index contributed by atoms with van der Waals surface area (Å²) in [6.45, 7) is 9.53. The average molecular weight is 247 g/mol. The van der Waals surface area contributed by atoms with Crippen LogP contribution in [0.2, 0.25) is 0 Å². The van der Waals surface area contributed by atoms with Crippen molar-refractivity contribution in [3.05, 3.63) is 35.4 Å². The second-order valence-corrected chi connectivity index (χ2v) is 6.49. The van der Waals surface area contributed by atoms with Crippen LogP contribution in [0.3, 0.4) is 0 Å². The summed E-state index contributed by atoms with van der Waals surface area (Å²) in [6, 6.07) is 8.88. The number of hydrogen-bond donors (Lipinski definition) is 2. The summed E-state index contributed by atoms with van der Waals surface area (Å²) in [4.78, 5) is 0. The van der Waals surface area contributed by atoms with Crippen molar-refractivity contribution in [2.24, 2.45) is 5.41 Å². The van der Waals surface area contributed by atoms with E-state index < -0.39 is 6.10 Å². The third-order valence-electron chi connectivity index (χ3n) is 4.06. The van der Waals surface area contributed by atoms with E-state index in [-0.39, 0.29) is 0 Å². The summed E-state index contributed by atoms with van der Waals surface area (Å²) in [5, 5.41) is 13.6. The van der Waals surface area contributed by atoms with E-state index in [2.05, 4.69) is 45.1 Å². The zero-order valence-corrected chi connectivity index (χ0v) is 11.9. The fourth-order valence-electron chi connectivity index (χ4n) is 2.29. The van der Waals surface area contributed by atoms with Crippen LogP contribution in [0.4, 0.5) is 0 Å². The van der Waals surface area contributed by atoms with Crippen LogP contribution in [-0.4, -0.2) is 17.7 Å². The van der Waals surface area contributed by atoms with Gasteiger partial charge in [-0.15, -0.1) is 0 Å². The normalized spacial score (nSPS) is 23.1. The molecule has 1 saturated carbocycles. The molecular weight excluding hydrogens is 222 g/mol. The molecule has 2 heteroatoms. The van der Waals surface area contributed by atoms with E-state index in [1.165, 1.54) is 12.0 Å². The number of rotatable bonds is 5. The van der Waals surface area contributed by atoms with Gasteiger partial charge in [-0.1, -0.05) is 52.0 Å². The van der Waals surface area contributed by atoms with Gasteiger partial charge in [-0.3, -0.25) is 0 Å². The van der Waals surface area contributed by atoms with Gasteiger partial charge in [0.15, 0.2) is 0 Å². The van der Waals surface area contributed by atoms with Crippen molar-refractivity contribution >= 4 is 0 Å². The van der Waals surface area contributed by atoms with Crippen molar-refractivity contribution < 1.29 is 5.11 Å². The standard InChI is InChI=1S/C16H25NO/c1-11(2)12-5-7-13(8-6-12)14(18)10-17-15-9-16(15,3)4/h5-8,11,14-15,17-18H,9-10H2,1-4H3. The molecule has 1 aromatic carbocycles. The Morgan fingerprint density at radius 1 is 1.22 bits per heavy atom. The van der Waals surface area contributed by atoms with E-state index in [0.717, 1.165) is 5.56 Å². The first kappa shape index (κ1) is 13.6. The van der Waals surface area contributed by atoms with Crippen molar-refractivity contribution in [2.75, 3.05) is 6.54 Å². The lowest BCUT2D eigenvalue weighted by Gasteiger charge is -2.14. The van der Waals surface area contributed by atoms with Gasteiger partial charge in [0.1, 0.15) is 0 Å². The van der Waals surface area contributed by atoms with Crippen LogP contribution in [0, 0.1) is 5.41 Å². The second-order valence-electron chi connectivity index (χ2n) is 6.49. The highest BCUT2D eigenvalue weighted by atomic mass is 16.3. The zero-order chi connectivity index (χ0) is 13.3. The quantitative estimate of drug-likeness (QED) is 0.837. The average Bonchev–Trinajstić information content (AvgIpc) is 2.94. The smallest absolute Gasteiger partial charge is 0.0914 e. The highest BCUT2D eigenvalue weighted by Crippen LogP contribution is 2.44. The Labute approximate surface area is 110 Å². The molecule has 2 atom stereocenters. The minimum Gasteiger partial charge on any atom is -0.387 e. The molecule has 1 aromatic rings. The first-order valence-electron chi connectivity index (χ1n) is 6.91. The van der Waals surface area contributed by atoms with Crippen LogP contribution in [0.5, 0.6) is 0 Å². The molecule has 2 nitrogen and oxygen atoms in total. The lowest BCUT2D eigenvalue weighted by Crippen LogP contribution is -2.26. The van der Waals surface area contributed by atoms with Crippen LogP contribution >= 0.6 is 0 Å². The Bertz CT molecular complexity index is 394. The third-order valence-corrected chi connectivity index (χ3v) is 4.06. The maximum atomic E-state index is 10.1. The van der Waals surface area contributed by atoms with Gasteiger partial charge in [-0.2, -0.15) is 0 Å². The molecule has 0 spiro atoms. The molecule has 0 saturated heterocycles. The zero-order valence-electron chi connectivity index (χ0n) is 11.9. The molecule has 1 aliphatic carbocycles. The van der Waals surface area contributed by atoms with Crippen molar-refractivity contribution in [3.8, 4) is 0 Å². The van der Waals surface area contributed by atoms with Gasteiger partial charge in [-0.25, -0.2) is 0 Å². The summed E-state index contributed by atoms with van der Waals surface area (Å²) in [6.07, 6.45) is 0.814. The highest BCUT2D eigenvalue weighted by molar-refractivity contribution is 5.26. The molecule has 2 N–H and O–H groups in total. The van der Waals surface area contributed by atoms with Gasteiger partial charge in [0.05, 0.1) is 6.10 Å². The van der Waals surface area contributed by atoms with E-state index in [0.29, 0.717) is 23.9 Å². The largest absolute Gasteiger partial charge is 0.387 e. The van der Waals surface area contributed by atoms with Crippen molar-refractivity contribution in [1.29, 1.82) is 0 Å². The monoisotopic (exact) mass is 247 g/mol. The first-order valence-corrected chi connectivity index (χ1v) is 6.91. The Morgan fingerprint density at radius 2 is 1.72 bits per heavy atom. The minimum absolute atomic E-state index is 0.400. The predicted molar refractivity (Wildman–Crippen MR) is 75.7 cm³/mol. The van der Waals surface area contributed by atoms with Gasteiger partial charge in [0.2, 0.25) is 0 Å². The van der Waals surface area contributed by atoms with Gasteiger partial charge in [0.25, 0.3) is 0 Å². The van der Waals surface area contributed by atoms with Crippen molar-refractivity contribution in [2.45, 2.75) is 52.2 Å². The van der Waals surface area contributed by atoms with Crippen molar-refractivity contribution in [1.82, 2.24) is 5.32 Å². The second kappa shape index (κ2) is 5.02. The molecular formula is C16H25NO. The van der Waals surface area contributed by atoms with Gasteiger partial charge >= 0.3 is 0 Å². The van der Waals surface area contributed by atoms with E-state index >= 15 is 0 Å². The van der Waals surface area contributed by atoms with Crippen LogP contribution in [0.15, 0.2) is 24.3 Å². The van der Waals surface area contributed by atoms with Gasteiger partial charge in [0, 0.05) is 12.6 Å². The Hall–Kier alpha value is -0.860. The molecule has 0 radical (unpaired) electrons.